The number of aryl methyl sites for hydroxylation is 1. The van der Waals surface area contributed by atoms with Crippen molar-refractivity contribution in [1.82, 2.24) is 9.55 Å². The van der Waals surface area contributed by atoms with Crippen LogP contribution >= 0.6 is 0 Å². The Kier molecular flexibility index (Phi) is 4.71. The molecule has 20 heavy (non-hydrogen) atoms. The molecule has 8 heteroatoms. The number of aromatic nitrogens is 2. The van der Waals surface area contributed by atoms with Gasteiger partial charge in [-0.3, -0.25) is 14.3 Å². The highest BCUT2D eigenvalue weighted by molar-refractivity contribution is 5.05. The summed E-state index contributed by atoms with van der Waals surface area (Å²) in [5.41, 5.74) is 4.82. The molecule has 1 aliphatic rings. The summed E-state index contributed by atoms with van der Waals surface area (Å²) in [5.74, 6) is 0. The zero-order chi connectivity index (χ0) is 14.7. The molecule has 0 aromatic carbocycles. The molecule has 8 nitrogen and oxygen atoms in total. The van der Waals surface area contributed by atoms with Crippen molar-refractivity contribution in [2.45, 2.75) is 37.7 Å². The van der Waals surface area contributed by atoms with Crippen molar-refractivity contribution in [2.75, 3.05) is 13.2 Å². The minimum atomic E-state index is -0.837. The van der Waals surface area contributed by atoms with Crippen molar-refractivity contribution in [1.29, 1.82) is 0 Å². The smallest absolute Gasteiger partial charge is 0.330 e. The average molecular weight is 285 g/mol. The first-order valence-electron chi connectivity index (χ1n) is 6.55. The molecule has 1 saturated heterocycles. The summed E-state index contributed by atoms with van der Waals surface area (Å²) in [6.07, 6.45) is 0.479. The van der Waals surface area contributed by atoms with Crippen LogP contribution in [0, 0.1) is 0 Å². The van der Waals surface area contributed by atoms with E-state index in [0.29, 0.717) is 24.9 Å². The largest absolute Gasteiger partial charge is 0.394 e. The van der Waals surface area contributed by atoms with E-state index < -0.39 is 29.7 Å². The van der Waals surface area contributed by atoms with Crippen molar-refractivity contribution < 1.29 is 14.9 Å². The predicted molar refractivity (Wildman–Crippen MR) is 70.3 cm³/mol. The minimum absolute atomic E-state index is 0.188. The number of aliphatic hydroxyl groups excluding tert-OH is 2. The summed E-state index contributed by atoms with van der Waals surface area (Å²) >= 11 is 0. The van der Waals surface area contributed by atoms with Crippen LogP contribution in [0.2, 0.25) is 0 Å². The molecule has 1 aromatic rings. The molecular formula is C12H19N3O5. The van der Waals surface area contributed by atoms with Crippen molar-refractivity contribution in [3.05, 3.63) is 32.6 Å². The van der Waals surface area contributed by atoms with Gasteiger partial charge in [0.25, 0.3) is 5.56 Å². The third kappa shape index (κ3) is 2.98. The number of H-pyrrole nitrogens is 1. The van der Waals surface area contributed by atoms with Crippen LogP contribution in [0.3, 0.4) is 0 Å². The number of hydrogen-bond donors (Lipinski definition) is 4. The molecule has 1 fully saturated rings. The second-order valence-electron chi connectivity index (χ2n) is 4.83. The summed E-state index contributed by atoms with van der Waals surface area (Å²) in [7, 11) is 0. The van der Waals surface area contributed by atoms with Crippen LogP contribution in [0.15, 0.2) is 15.8 Å². The molecule has 3 unspecified atom stereocenters. The van der Waals surface area contributed by atoms with Gasteiger partial charge in [-0.15, -0.1) is 0 Å². The number of hydrogen-bond acceptors (Lipinski definition) is 6. The molecule has 0 radical (unpaired) electrons. The van der Waals surface area contributed by atoms with E-state index in [4.69, 9.17) is 15.6 Å². The summed E-state index contributed by atoms with van der Waals surface area (Å²) < 4.78 is 6.65. The summed E-state index contributed by atoms with van der Waals surface area (Å²) in [4.78, 5) is 25.7. The third-order valence-electron chi connectivity index (χ3n) is 3.39. The molecule has 112 valence electrons. The Morgan fingerprint density at radius 2 is 2.25 bits per heavy atom. The van der Waals surface area contributed by atoms with E-state index in [0.717, 1.165) is 0 Å². The van der Waals surface area contributed by atoms with Gasteiger partial charge in [0.1, 0.15) is 12.3 Å². The second-order valence-corrected chi connectivity index (χ2v) is 4.83. The fourth-order valence-electron chi connectivity index (χ4n) is 2.26. The molecule has 5 N–H and O–H groups in total. The molecule has 0 aliphatic carbocycles. The maximum atomic E-state index is 11.8. The Hall–Kier alpha value is -1.48. The summed E-state index contributed by atoms with van der Waals surface area (Å²) in [6.45, 7) is 0.125. The number of rotatable bonds is 5. The van der Waals surface area contributed by atoms with E-state index in [2.05, 4.69) is 4.98 Å². The van der Waals surface area contributed by atoms with Gasteiger partial charge in [0.05, 0.1) is 12.7 Å². The van der Waals surface area contributed by atoms with Crippen molar-refractivity contribution in [3.63, 3.8) is 0 Å². The lowest BCUT2D eigenvalue weighted by Gasteiger charge is -2.15. The Labute approximate surface area is 114 Å². The Bertz CT molecular complexity index is 567. The average Bonchev–Trinajstić information content (AvgIpc) is 2.79. The zero-order valence-corrected chi connectivity index (χ0v) is 11.0. The molecule has 2 rings (SSSR count). The van der Waals surface area contributed by atoms with Gasteiger partial charge >= 0.3 is 5.69 Å². The highest BCUT2D eigenvalue weighted by Gasteiger charge is 2.35. The lowest BCUT2D eigenvalue weighted by Crippen LogP contribution is -2.34. The van der Waals surface area contributed by atoms with Crippen LogP contribution in [0.5, 0.6) is 0 Å². The Balaban J connectivity index is 2.28. The van der Waals surface area contributed by atoms with Gasteiger partial charge in [-0.2, -0.15) is 0 Å². The minimum Gasteiger partial charge on any atom is -0.394 e. The fraction of sp³-hybridized carbons (Fsp3) is 0.667. The van der Waals surface area contributed by atoms with Gasteiger partial charge in [0.2, 0.25) is 0 Å². The molecule has 0 spiro atoms. The first-order valence-corrected chi connectivity index (χ1v) is 6.55. The molecule has 0 amide bonds. The number of aliphatic hydroxyl groups is 2. The highest BCUT2D eigenvalue weighted by Crippen LogP contribution is 2.27. The van der Waals surface area contributed by atoms with E-state index in [1.165, 1.54) is 10.8 Å². The molecule has 1 aromatic heterocycles. The number of nitrogens with two attached hydrogens (primary N) is 1. The monoisotopic (exact) mass is 285 g/mol. The van der Waals surface area contributed by atoms with Crippen molar-refractivity contribution >= 4 is 0 Å². The van der Waals surface area contributed by atoms with E-state index >= 15 is 0 Å². The maximum Gasteiger partial charge on any atom is 0.330 e. The van der Waals surface area contributed by atoms with Crippen LogP contribution in [-0.2, 0) is 11.2 Å². The van der Waals surface area contributed by atoms with E-state index in [9.17, 15) is 14.7 Å². The van der Waals surface area contributed by atoms with Crippen LogP contribution < -0.4 is 17.0 Å². The standard InChI is InChI=1S/C12H19N3O5/c13-3-1-2-7-5-15(12(19)14-11(7)18)10-4-8(17)9(6-16)20-10/h5,8-10,16-17H,1-4,6,13H2,(H,14,18,19). The van der Waals surface area contributed by atoms with Crippen LogP contribution in [0.1, 0.15) is 24.6 Å². The molecule has 1 aliphatic heterocycles. The third-order valence-corrected chi connectivity index (χ3v) is 3.39. The quantitative estimate of drug-likeness (QED) is 0.498. The highest BCUT2D eigenvalue weighted by atomic mass is 16.5. The number of nitrogens with zero attached hydrogens (tertiary/aromatic N) is 1. The lowest BCUT2D eigenvalue weighted by molar-refractivity contribution is -0.0460. The van der Waals surface area contributed by atoms with Crippen LogP contribution in [-0.4, -0.2) is 45.1 Å². The predicted octanol–water partition coefficient (Wildman–Crippen LogP) is -1.93. The van der Waals surface area contributed by atoms with Gasteiger partial charge in [0.15, 0.2) is 0 Å². The topological polar surface area (TPSA) is 131 Å². The van der Waals surface area contributed by atoms with Gasteiger partial charge in [-0.1, -0.05) is 0 Å². The Morgan fingerprint density at radius 3 is 2.85 bits per heavy atom. The molecule has 3 atom stereocenters. The van der Waals surface area contributed by atoms with Crippen molar-refractivity contribution in [2.24, 2.45) is 5.73 Å². The summed E-state index contributed by atoms with van der Waals surface area (Å²) in [6, 6.07) is 0. The summed E-state index contributed by atoms with van der Waals surface area (Å²) in [5, 5.41) is 18.7. The normalized spacial score (nSPS) is 26.1. The number of aromatic amines is 1. The van der Waals surface area contributed by atoms with Crippen LogP contribution in [0.25, 0.3) is 0 Å². The van der Waals surface area contributed by atoms with E-state index in [1.54, 1.807) is 0 Å². The zero-order valence-electron chi connectivity index (χ0n) is 11.0. The second kappa shape index (κ2) is 6.31. The SMILES string of the molecule is NCCCc1cn(C2CC(O)C(CO)O2)c(=O)[nH]c1=O. The van der Waals surface area contributed by atoms with E-state index in [-0.39, 0.29) is 13.0 Å². The van der Waals surface area contributed by atoms with Gasteiger partial charge in [0, 0.05) is 18.2 Å². The fourth-order valence-corrected chi connectivity index (χ4v) is 2.26. The first kappa shape index (κ1) is 14.9. The maximum absolute atomic E-state index is 11.8. The molecule has 0 saturated carbocycles. The lowest BCUT2D eigenvalue weighted by atomic mass is 10.1. The first-order chi connectivity index (χ1) is 9.56. The molecular weight excluding hydrogens is 266 g/mol. The van der Waals surface area contributed by atoms with Crippen LogP contribution in [0.4, 0.5) is 0 Å². The van der Waals surface area contributed by atoms with E-state index in [1.807, 2.05) is 0 Å². The molecule has 0 bridgehead atoms. The molecule has 2 heterocycles. The van der Waals surface area contributed by atoms with Gasteiger partial charge in [-0.05, 0) is 19.4 Å². The number of ether oxygens (including phenoxy) is 1. The number of nitrogens with one attached hydrogen (secondary N) is 1. The van der Waals surface area contributed by atoms with Crippen molar-refractivity contribution in [3.8, 4) is 0 Å². The van der Waals surface area contributed by atoms with Gasteiger partial charge < -0.3 is 20.7 Å². The van der Waals surface area contributed by atoms with Gasteiger partial charge in [-0.25, -0.2) is 4.79 Å². The Morgan fingerprint density at radius 1 is 1.50 bits per heavy atom.